The van der Waals surface area contributed by atoms with Crippen molar-refractivity contribution in [3.8, 4) is 0 Å². The third kappa shape index (κ3) is 4.51. The number of pyridine rings is 2. The lowest BCUT2D eigenvalue weighted by molar-refractivity contribution is 1.31. The van der Waals surface area contributed by atoms with Crippen LogP contribution in [0.25, 0.3) is 22.1 Å². The van der Waals surface area contributed by atoms with E-state index in [9.17, 15) is 0 Å². The lowest BCUT2D eigenvalue weighted by Gasteiger charge is -2.04. The van der Waals surface area contributed by atoms with Crippen molar-refractivity contribution in [1.29, 1.82) is 0 Å². The average molecular weight is 457 g/mol. The van der Waals surface area contributed by atoms with E-state index in [0.29, 0.717) is 0 Å². The van der Waals surface area contributed by atoms with Gasteiger partial charge >= 0.3 is 0 Å². The zero-order valence-corrected chi connectivity index (χ0v) is 18.2. The SMILES string of the molecule is c1ccc(Nc2cccc3nsnc23)nc1.c1ccc(Nc2cccc3nsnc23)nc1. The van der Waals surface area contributed by atoms with E-state index in [1.165, 1.54) is 23.5 Å². The van der Waals surface area contributed by atoms with E-state index in [0.717, 1.165) is 45.1 Å². The van der Waals surface area contributed by atoms with Gasteiger partial charge in [0.05, 0.1) is 34.8 Å². The summed E-state index contributed by atoms with van der Waals surface area (Å²) in [6.07, 6.45) is 3.50. The van der Waals surface area contributed by atoms with E-state index < -0.39 is 0 Å². The highest BCUT2D eigenvalue weighted by atomic mass is 32.1. The van der Waals surface area contributed by atoms with Gasteiger partial charge in [0.2, 0.25) is 0 Å². The Morgan fingerprint density at radius 3 is 1.44 bits per heavy atom. The summed E-state index contributed by atoms with van der Waals surface area (Å²) in [5.74, 6) is 1.62. The topological polar surface area (TPSA) is 101 Å². The van der Waals surface area contributed by atoms with Crippen LogP contribution in [0, 0.1) is 0 Å². The molecule has 0 atom stereocenters. The Morgan fingerprint density at radius 2 is 1.00 bits per heavy atom. The summed E-state index contributed by atoms with van der Waals surface area (Å²) in [6.45, 7) is 0. The quantitative estimate of drug-likeness (QED) is 0.350. The Morgan fingerprint density at radius 1 is 0.500 bits per heavy atom. The summed E-state index contributed by atoms with van der Waals surface area (Å²) < 4.78 is 16.9. The molecule has 8 nitrogen and oxygen atoms in total. The molecule has 156 valence electrons. The van der Waals surface area contributed by atoms with Gasteiger partial charge in [0.25, 0.3) is 0 Å². The zero-order valence-electron chi connectivity index (χ0n) is 16.6. The summed E-state index contributed by atoms with van der Waals surface area (Å²) >= 11 is 2.43. The minimum absolute atomic E-state index is 0.808. The van der Waals surface area contributed by atoms with Crippen LogP contribution in [0.1, 0.15) is 0 Å². The number of anilines is 4. The molecule has 0 aliphatic carbocycles. The van der Waals surface area contributed by atoms with Crippen molar-refractivity contribution < 1.29 is 0 Å². The van der Waals surface area contributed by atoms with Crippen molar-refractivity contribution in [1.82, 2.24) is 27.5 Å². The Labute approximate surface area is 191 Å². The largest absolute Gasteiger partial charge is 0.338 e. The van der Waals surface area contributed by atoms with Crippen molar-refractivity contribution in [2.24, 2.45) is 0 Å². The van der Waals surface area contributed by atoms with Crippen LogP contribution in [0.15, 0.2) is 85.2 Å². The fourth-order valence-electron chi connectivity index (χ4n) is 2.96. The van der Waals surface area contributed by atoms with E-state index in [4.69, 9.17) is 0 Å². The molecule has 0 spiro atoms. The van der Waals surface area contributed by atoms with Gasteiger partial charge in [-0.05, 0) is 48.5 Å². The molecule has 4 aromatic heterocycles. The van der Waals surface area contributed by atoms with Crippen LogP contribution in [-0.2, 0) is 0 Å². The highest BCUT2D eigenvalue weighted by Gasteiger charge is 2.05. The highest BCUT2D eigenvalue weighted by molar-refractivity contribution is 7.00. The molecule has 6 aromatic rings. The second-order valence-corrected chi connectivity index (χ2v) is 7.61. The lowest BCUT2D eigenvalue weighted by atomic mass is 10.2. The van der Waals surface area contributed by atoms with E-state index in [2.05, 4.69) is 38.1 Å². The smallest absolute Gasteiger partial charge is 0.130 e. The summed E-state index contributed by atoms with van der Waals surface area (Å²) in [7, 11) is 0. The molecule has 0 saturated heterocycles. The van der Waals surface area contributed by atoms with Gasteiger partial charge in [-0.1, -0.05) is 24.3 Å². The van der Waals surface area contributed by atoms with Gasteiger partial charge in [-0.3, -0.25) is 0 Å². The minimum Gasteiger partial charge on any atom is -0.338 e. The van der Waals surface area contributed by atoms with E-state index >= 15 is 0 Å². The number of nitrogens with one attached hydrogen (secondary N) is 2. The molecule has 6 rings (SSSR count). The zero-order chi connectivity index (χ0) is 21.6. The van der Waals surface area contributed by atoms with Crippen LogP contribution >= 0.6 is 23.5 Å². The maximum atomic E-state index is 4.26. The van der Waals surface area contributed by atoms with E-state index in [1.54, 1.807) is 12.4 Å². The second-order valence-electron chi connectivity index (χ2n) is 6.56. The second kappa shape index (κ2) is 9.41. The van der Waals surface area contributed by atoms with Gasteiger partial charge in [-0.2, -0.15) is 17.5 Å². The predicted octanol–water partition coefficient (Wildman–Crippen LogP) is 5.66. The number of hydrogen-bond acceptors (Lipinski definition) is 10. The molecule has 0 aliphatic rings. The number of fused-ring (bicyclic) bond motifs is 2. The molecule has 10 heteroatoms. The van der Waals surface area contributed by atoms with Crippen molar-refractivity contribution in [2.45, 2.75) is 0 Å². The molecule has 2 N–H and O–H groups in total. The highest BCUT2D eigenvalue weighted by Crippen LogP contribution is 2.24. The minimum atomic E-state index is 0.808. The molecule has 0 fully saturated rings. The Hall–Kier alpha value is -4.02. The van der Waals surface area contributed by atoms with Crippen LogP contribution in [0.5, 0.6) is 0 Å². The number of benzene rings is 2. The van der Waals surface area contributed by atoms with E-state index in [1.807, 2.05) is 72.8 Å². The van der Waals surface area contributed by atoms with Gasteiger partial charge in [0, 0.05) is 12.4 Å². The van der Waals surface area contributed by atoms with Crippen LogP contribution < -0.4 is 10.6 Å². The molecule has 0 amide bonds. The Balaban J connectivity index is 0.000000135. The standard InChI is InChI=1S/2C11H8N4S/c2*1-2-7-12-10(6-1)13-8-4-3-5-9-11(8)15-16-14-9/h2*1-7H,(H,12,13). The van der Waals surface area contributed by atoms with Crippen molar-refractivity contribution in [3.63, 3.8) is 0 Å². The summed E-state index contributed by atoms with van der Waals surface area (Å²) in [5, 5.41) is 6.45. The normalized spacial score (nSPS) is 10.5. The Kier molecular flexibility index (Phi) is 5.86. The van der Waals surface area contributed by atoms with Gasteiger partial charge in [-0.25, -0.2) is 9.97 Å². The first-order valence-corrected chi connectivity index (χ1v) is 11.1. The molecular formula is C22H16N8S2. The van der Waals surface area contributed by atoms with Crippen LogP contribution in [-0.4, -0.2) is 27.5 Å². The number of nitrogens with zero attached hydrogens (tertiary/aromatic N) is 6. The molecule has 0 radical (unpaired) electrons. The summed E-state index contributed by atoms with van der Waals surface area (Å²) in [6, 6.07) is 23.2. The van der Waals surface area contributed by atoms with Gasteiger partial charge in [0.15, 0.2) is 0 Å². The number of aromatic nitrogens is 6. The predicted molar refractivity (Wildman–Crippen MR) is 130 cm³/mol. The Bertz CT molecular complexity index is 1320. The van der Waals surface area contributed by atoms with E-state index in [-0.39, 0.29) is 0 Å². The van der Waals surface area contributed by atoms with Gasteiger partial charge in [-0.15, -0.1) is 0 Å². The average Bonchev–Trinajstić information content (AvgIpc) is 3.52. The number of rotatable bonds is 4. The molecule has 4 heterocycles. The fourth-order valence-corrected chi connectivity index (χ4v) is 4.06. The maximum absolute atomic E-state index is 4.26. The summed E-state index contributed by atoms with van der Waals surface area (Å²) in [5.41, 5.74) is 5.46. The molecule has 0 unspecified atom stereocenters. The monoisotopic (exact) mass is 456 g/mol. The fraction of sp³-hybridized carbons (Fsp3) is 0. The summed E-state index contributed by atoms with van der Waals surface area (Å²) in [4.78, 5) is 8.42. The van der Waals surface area contributed by atoms with Crippen LogP contribution in [0.2, 0.25) is 0 Å². The third-order valence-corrected chi connectivity index (χ3v) is 5.51. The van der Waals surface area contributed by atoms with Crippen LogP contribution in [0.3, 0.4) is 0 Å². The maximum Gasteiger partial charge on any atom is 0.130 e. The molecule has 2 aromatic carbocycles. The lowest BCUT2D eigenvalue weighted by Crippen LogP contribution is -1.93. The molecule has 32 heavy (non-hydrogen) atoms. The molecule has 0 bridgehead atoms. The van der Waals surface area contributed by atoms with Gasteiger partial charge in [0.1, 0.15) is 33.7 Å². The first-order chi connectivity index (χ1) is 15.9. The van der Waals surface area contributed by atoms with Crippen molar-refractivity contribution in [2.75, 3.05) is 10.6 Å². The molecular weight excluding hydrogens is 440 g/mol. The number of hydrogen-bond donors (Lipinski definition) is 2. The molecule has 0 aliphatic heterocycles. The van der Waals surface area contributed by atoms with Gasteiger partial charge < -0.3 is 10.6 Å². The third-order valence-electron chi connectivity index (χ3n) is 4.43. The van der Waals surface area contributed by atoms with Crippen molar-refractivity contribution in [3.05, 3.63) is 85.2 Å². The van der Waals surface area contributed by atoms with Crippen LogP contribution in [0.4, 0.5) is 23.0 Å². The molecule has 0 saturated carbocycles. The van der Waals surface area contributed by atoms with Crippen molar-refractivity contribution >= 4 is 68.5 Å². The first kappa shape index (κ1) is 19.9. The first-order valence-electron chi connectivity index (χ1n) is 9.65.